The number of methoxy groups -OCH3 is 1. The normalized spacial score (nSPS) is 21.9. The number of fused-ring (bicyclic) bond motifs is 1. The van der Waals surface area contributed by atoms with Crippen LogP contribution >= 0.6 is 0 Å². The maximum absolute atomic E-state index is 14.3. The predicted octanol–water partition coefficient (Wildman–Crippen LogP) is 4.48. The molecule has 2 fully saturated rings. The van der Waals surface area contributed by atoms with Crippen molar-refractivity contribution in [2.75, 3.05) is 18.6 Å². The molecule has 9 nitrogen and oxygen atoms in total. The largest absolute Gasteiger partial charge is 0.497 e. The Morgan fingerprint density at radius 2 is 1.50 bits per heavy atom. The van der Waals surface area contributed by atoms with E-state index in [2.05, 4.69) is 0 Å². The van der Waals surface area contributed by atoms with Crippen LogP contribution in [0.4, 0.5) is 5.69 Å². The smallest absolute Gasteiger partial charge is 0.324 e. The Balaban J connectivity index is 1.50. The van der Waals surface area contributed by atoms with Crippen LogP contribution in [0.1, 0.15) is 29.8 Å². The van der Waals surface area contributed by atoms with E-state index < -0.39 is 35.8 Å². The van der Waals surface area contributed by atoms with Crippen molar-refractivity contribution >= 4 is 23.5 Å². The van der Waals surface area contributed by atoms with Crippen LogP contribution in [-0.4, -0.2) is 52.2 Å². The molecule has 4 atom stereocenters. The van der Waals surface area contributed by atoms with E-state index in [1.165, 1.54) is 4.90 Å². The summed E-state index contributed by atoms with van der Waals surface area (Å²) in [5.41, 5.74) is 3.76. The van der Waals surface area contributed by atoms with E-state index in [4.69, 9.17) is 14.6 Å². The molecule has 3 heterocycles. The Kier molecular flexibility index (Phi) is 7.34. The third kappa shape index (κ3) is 4.65. The van der Waals surface area contributed by atoms with Gasteiger partial charge in [-0.2, -0.15) is 5.10 Å². The van der Waals surface area contributed by atoms with Crippen LogP contribution in [0.3, 0.4) is 0 Å². The topological polar surface area (TPSA) is 94.0 Å². The van der Waals surface area contributed by atoms with E-state index in [0.29, 0.717) is 23.7 Å². The fourth-order valence-corrected chi connectivity index (χ4v) is 6.30. The summed E-state index contributed by atoms with van der Waals surface area (Å²) >= 11 is 0. The molecular formula is C33H32N4O5. The number of carbonyl (C=O) groups excluding carboxylic acids is 3. The van der Waals surface area contributed by atoms with Crippen LogP contribution in [0.15, 0.2) is 91.1 Å². The Bertz CT molecular complexity index is 1600. The van der Waals surface area contributed by atoms with Gasteiger partial charge in [0.1, 0.15) is 11.8 Å². The minimum absolute atomic E-state index is 0.159. The van der Waals surface area contributed by atoms with Crippen LogP contribution in [0.5, 0.6) is 5.75 Å². The van der Waals surface area contributed by atoms with Gasteiger partial charge in [-0.25, -0.2) is 9.58 Å². The zero-order valence-corrected chi connectivity index (χ0v) is 23.7. The van der Waals surface area contributed by atoms with Crippen LogP contribution in [0.2, 0.25) is 0 Å². The van der Waals surface area contributed by atoms with E-state index in [1.54, 1.807) is 43.0 Å². The van der Waals surface area contributed by atoms with E-state index in [9.17, 15) is 14.4 Å². The van der Waals surface area contributed by atoms with Crippen molar-refractivity contribution in [3.8, 4) is 11.4 Å². The van der Waals surface area contributed by atoms with Crippen LogP contribution in [0, 0.1) is 18.8 Å². The van der Waals surface area contributed by atoms with E-state index in [0.717, 1.165) is 16.8 Å². The van der Waals surface area contributed by atoms with Crippen molar-refractivity contribution in [3.63, 3.8) is 0 Å². The number of aromatic nitrogens is 2. The molecule has 0 spiro atoms. The molecule has 4 aromatic rings. The Morgan fingerprint density at radius 1 is 0.857 bits per heavy atom. The molecule has 2 aliphatic rings. The molecule has 0 saturated carbocycles. The monoisotopic (exact) mass is 564 g/mol. The third-order valence-corrected chi connectivity index (χ3v) is 8.14. The number of likely N-dealkylation sites (tertiary alicyclic amines) is 1. The van der Waals surface area contributed by atoms with Crippen molar-refractivity contribution in [1.29, 1.82) is 0 Å². The van der Waals surface area contributed by atoms with Gasteiger partial charge < -0.3 is 9.47 Å². The third-order valence-electron chi connectivity index (χ3n) is 8.14. The average molecular weight is 565 g/mol. The van der Waals surface area contributed by atoms with Crippen molar-refractivity contribution in [3.05, 3.63) is 108 Å². The number of esters is 1. The number of amides is 2. The van der Waals surface area contributed by atoms with E-state index in [1.807, 2.05) is 78.7 Å². The van der Waals surface area contributed by atoms with Gasteiger partial charge >= 0.3 is 5.97 Å². The van der Waals surface area contributed by atoms with Gasteiger partial charge in [0.15, 0.2) is 0 Å². The molecule has 2 aliphatic heterocycles. The van der Waals surface area contributed by atoms with Crippen molar-refractivity contribution in [1.82, 2.24) is 14.7 Å². The molecule has 214 valence electrons. The molecule has 1 unspecified atom stereocenters. The second-order valence-electron chi connectivity index (χ2n) is 10.5. The average Bonchev–Trinajstić information content (AvgIpc) is 3.63. The summed E-state index contributed by atoms with van der Waals surface area (Å²) in [5, 5.41) is 4.78. The zero-order valence-electron chi connectivity index (χ0n) is 23.7. The first-order chi connectivity index (χ1) is 20.4. The highest BCUT2D eigenvalue weighted by atomic mass is 16.5. The van der Waals surface area contributed by atoms with Gasteiger partial charge in [0.05, 0.1) is 48.7 Å². The molecule has 0 aliphatic carbocycles. The first-order valence-electron chi connectivity index (χ1n) is 14.0. The molecule has 0 bridgehead atoms. The number of anilines is 1. The fourth-order valence-electron chi connectivity index (χ4n) is 6.30. The number of hydrogen-bond donors (Lipinski definition) is 0. The molecule has 1 aromatic heterocycles. The van der Waals surface area contributed by atoms with Crippen molar-refractivity contribution < 1.29 is 23.9 Å². The quantitative estimate of drug-likeness (QED) is 0.230. The number of para-hydroxylation sites is 1. The molecule has 0 radical (unpaired) electrons. The highest BCUT2D eigenvalue weighted by molar-refractivity contribution is 6.23. The molecule has 9 heteroatoms. The van der Waals surface area contributed by atoms with Crippen LogP contribution in [-0.2, 0) is 25.7 Å². The van der Waals surface area contributed by atoms with E-state index >= 15 is 0 Å². The molecule has 42 heavy (non-hydrogen) atoms. The summed E-state index contributed by atoms with van der Waals surface area (Å²) in [7, 11) is 1.55. The van der Waals surface area contributed by atoms with Crippen molar-refractivity contribution in [2.24, 2.45) is 11.8 Å². The van der Waals surface area contributed by atoms with Gasteiger partial charge in [-0.15, -0.1) is 0 Å². The Hall–Kier alpha value is -4.76. The molecule has 0 N–H and O–H groups in total. The fraction of sp³-hybridized carbons (Fsp3) is 0.273. The number of rotatable bonds is 8. The maximum atomic E-state index is 14.3. The van der Waals surface area contributed by atoms with Gasteiger partial charge in [-0.05, 0) is 55.8 Å². The highest BCUT2D eigenvalue weighted by Crippen LogP contribution is 2.52. The van der Waals surface area contributed by atoms with Gasteiger partial charge in [-0.1, -0.05) is 48.5 Å². The van der Waals surface area contributed by atoms with E-state index in [-0.39, 0.29) is 12.5 Å². The second-order valence-corrected chi connectivity index (χ2v) is 10.5. The van der Waals surface area contributed by atoms with Crippen LogP contribution < -0.4 is 9.64 Å². The second kappa shape index (κ2) is 11.3. The summed E-state index contributed by atoms with van der Waals surface area (Å²) < 4.78 is 12.6. The number of benzene rings is 3. The Morgan fingerprint density at radius 3 is 2.14 bits per heavy atom. The number of imide groups is 1. The lowest BCUT2D eigenvalue weighted by Crippen LogP contribution is -2.46. The minimum atomic E-state index is -0.959. The summed E-state index contributed by atoms with van der Waals surface area (Å²) in [4.78, 5) is 45.3. The van der Waals surface area contributed by atoms with Crippen LogP contribution in [0.25, 0.3) is 5.69 Å². The molecule has 6 rings (SSSR count). The molecule has 2 amide bonds. The van der Waals surface area contributed by atoms with Gasteiger partial charge in [0.2, 0.25) is 11.8 Å². The first-order valence-corrected chi connectivity index (χ1v) is 14.0. The standard InChI is InChI=1S/C33H32N4O5/c1-4-42-33(40)30-28-27(31(38)37(32(28)39)24-15-17-25(41-3)18-16-24)29(35(30)19-22-11-7-5-8-12-22)26-20-36(34-21(26)2)23-13-9-6-10-14-23/h5-18,20,27-30H,4,19H2,1-3H3/t27-,28+,29-,30?/m0/s1. The van der Waals surface area contributed by atoms with Gasteiger partial charge in [-0.3, -0.25) is 19.3 Å². The summed E-state index contributed by atoms with van der Waals surface area (Å²) in [5.74, 6) is -2.41. The van der Waals surface area contributed by atoms with Gasteiger partial charge in [0.25, 0.3) is 0 Å². The zero-order chi connectivity index (χ0) is 29.4. The lowest BCUT2D eigenvalue weighted by molar-refractivity contribution is -0.152. The Labute approximate surface area is 244 Å². The molecular weight excluding hydrogens is 532 g/mol. The first kappa shape index (κ1) is 27.4. The number of hydrogen-bond acceptors (Lipinski definition) is 7. The lowest BCUT2D eigenvalue weighted by atomic mass is 9.86. The maximum Gasteiger partial charge on any atom is 0.324 e. The minimum Gasteiger partial charge on any atom is -0.497 e. The summed E-state index contributed by atoms with van der Waals surface area (Å²) in [6.07, 6.45) is 1.91. The van der Waals surface area contributed by atoms with Gasteiger partial charge in [0, 0.05) is 18.3 Å². The number of carbonyl (C=O) groups is 3. The number of aryl methyl sites for hydroxylation is 1. The lowest BCUT2D eigenvalue weighted by Gasteiger charge is -2.32. The van der Waals surface area contributed by atoms with Crippen molar-refractivity contribution in [2.45, 2.75) is 32.5 Å². The molecule has 3 aromatic carbocycles. The number of ether oxygens (including phenoxy) is 2. The SMILES string of the molecule is CCOC(=O)C1[C@@H]2C(=O)N(c3ccc(OC)cc3)C(=O)[C@@H]2[C@H](c2cn(-c3ccccc3)nc2C)N1Cc1ccccc1. The predicted molar refractivity (Wildman–Crippen MR) is 156 cm³/mol. The summed E-state index contributed by atoms with van der Waals surface area (Å²) in [6, 6.07) is 24.7. The highest BCUT2D eigenvalue weighted by Gasteiger charge is 2.65. The number of nitrogens with zero attached hydrogens (tertiary/aromatic N) is 4. The summed E-state index contributed by atoms with van der Waals surface area (Å²) in [6.45, 7) is 4.14. The molecule has 2 saturated heterocycles.